The zero-order chi connectivity index (χ0) is 10.6. The summed E-state index contributed by atoms with van der Waals surface area (Å²) in [6, 6.07) is 0. The van der Waals surface area contributed by atoms with Gasteiger partial charge in [-0.05, 0) is 26.7 Å². The Bertz CT molecular complexity index is 108. The Balaban J connectivity index is 2.98. The van der Waals surface area contributed by atoms with Gasteiger partial charge in [-0.3, -0.25) is 0 Å². The molecule has 1 atom stereocenters. The van der Waals surface area contributed by atoms with Crippen LogP contribution in [0.2, 0.25) is 0 Å². The lowest BCUT2D eigenvalue weighted by molar-refractivity contribution is -0.128. The van der Waals surface area contributed by atoms with Crippen LogP contribution in [0, 0.1) is 0 Å². The zero-order valence-electron chi connectivity index (χ0n) is 9.45. The highest BCUT2D eigenvalue weighted by atomic mass is 16.7. The van der Waals surface area contributed by atoms with Crippen molar-refractivity contribution in [3.63, 3.8) is 0 Å². The Morgan fingerprint density at radius 3 is 2.43 bits per heavy atom. The van der Waals surface area contributed by atoms with Crippen LogP contribution in [0.3, 0.4) is 0 Å². The maximum absolute atomic E-state index is 5.38. The van der Waals surface area contributed by atoms with E-state index in [-0.39, 0.29) is 6.29 Å². The minimum atomic E-state index is -0.0973. The number of hydrogen-bond donors (Lipinski definition) is 0. The van der Waals surface area contributed by atoms with Gasteiger partial charge in [0.25, 0.3) is 0 Å². The molecule has 14 heavy (non-hydrogen) atoms. The lowest BCUT2D eigenvalue weighted by Gasteiger charge is -2.12. The van der Waals surface area contributed by atoms with Gasteiger partial charge >= 0.3 is 0 Å². The van der Waals surface area contributed by atoms with Crippen LogP contribution in [0.25, 0.3) is 0 Å². The van der Waals surface area contributed by atoms with Crippen molar-refractivity contribution in [1.82, 2.24) is 0 Å². The highest BCUT2D eigenvalue weighted by Crippen LogP contribution is 1.97. The van der Waals surface area contributed by atoms with Gasteiger partial charge in [-0.2, -0.15) is 0 Å². The molecular formula is C10H22O4. The van der Waals surface area contributed by atoms with Crippen molar-refractivity contribution in [2.24, 2.45) is 0 Å². The second-order valence-electron chi connectivity index (χ2n) is 2.92. The molecule has 0 bridgehead atoms. The summed E-state index contributed by atoms with van der Waals surface area (Å²) in [6.07, 6.45) is 1.88. The molecule has 0 heterocycles. The average molecular weight is 206 g/mol. The maximum atomic E-state index is 5.38. The maximum Gasteiger partial charge on any atom is 0.154 e. The first kappa shape index (κ1) is 13.8. The molecule has 0 saturated carbocycles. The van der Waals surface area contributed by atoms with E-state index in [1.54, 1.807) is 7.11 Å². The molecule has 0 saturated heterocycles. The monoisotopic (exact) mass is 206 g/mol. The lowest BCUT2D eigenvalue weighted by atomic mass is 10.3. The summed E-state index contributed by atoms with van der Waals surface area (Å²) in [4.78, 5) is 0. The van der Waals surface area contributed by atoms with E-state index in [2.05, 4.69) is 0 Å². The van der Waals surface area contributed by atoms with Crippen LogP contribution < -0.4 is 0 Å². The zero-order valence-corrected chi connectivity index (χ0v) is 9.45. The Labute approximate surface area is 86.5 Å². The van der Waals surface area contributed by atoms with Gasteiger partial charge in [-0.25, -0.2) is 0 Å². The van der Waals surface area contributed by atoms with Crippen LogP contribution in [0.4, 0.5) is 0 Å². The Morgan fingerprint density at radius 1 is 1.07 bits per heavy atom. The second-order valence-corrected chi connectivity index (χ2v) is 2.92. The predicted octanol–water partition coefficient (Wildman–Crippen LogP) is 1.79. The highest BCUT2D eigenvalue weighted by molar-refractivity contribution is 4.38. The van der Waals surface area contributed by atoms with Crippen LogP contribution in [0.5, 0.6) is 0 Å². The molecule has 0 aromatic carbocycles. The number of ether oxygens (including phenoxy) is 4. The SMILES string of the molecule is CCOC(C)OCCCCOCOC. The van der Waals surface area contributed by atoms with Crippen molar-refractivity contribution in [3.05, 3.63) is 0 Å². The van der Waals surface area contributed by atoms with E-state index in [9.17, 15) is 0 Å². The Hall–Kier alpha value is -0.160. The molecule has 0 N–H and O–H groups in total. The number of unbranched alkanes of at least 4 members (excludes halogenated alkanes) is 1. The Kier molecular flexibility index (Phi) is 10.8. The molecule has 0 aromatic rings. The molecule has 0 aliphatic rings. The van der Waals surface area contributed by atoms with E-state index in [1.807, 2.05) is 13.8 Å². The van der Waals surface area contributed by atoms with E-state index in [0.717, 1.165) is 26.1 Å². The van der Waals surface area contributed by atoms with Gasteiger partial charge in [0.1, 0.15) is 6.79 Å². The summed E-state index contributed by atoms with van der Waals surface area (Å²) in [6.45, 7) is 6.37. The fourth-order valence-corrected chi connectivity index (χ4v) is 0.981. The van der Waals surface area contributed by atoms with Crippen molar-refractivity contribution >= 4 is 0 Å². The third kappa shape index (κ3) is 9.92. The first-order chi connectivity index (χ1) is 6.81. The molecule has 0 rings (SSSR count). The van der Waals surface area contributed by atoms with E-state index in [4.69, 9.17) is 18.9 Å². The fraction of sp³-hybridized carbons (Fsp3) is 1.00. The van der Waals surface area contributed by atoms with Crippen molar-refractivity contribution in [1.29, 1.82) is 0 Å². The summed E-state index contributed by atoms with van der Waals surface area (Å²) < 4.78 is 20.5. The van der Waals surface area contributed by atoms with E-state index in [0.29, 0.717) is 13.4 Å². The van der Waals surface area contributed by atoms with Crippen LogP contribution in [-0.2, 0) is 18.9 Å². The quantitative estimate of drug-likeness (QED) is 0.403. The van der Waals surface area contributed by atoms with E-state index < -0.39 is 0 Å². The number of hydrogen-bond acceptors (Lipinski definition) is 4. The second kappa shape index (κ2) is 10.9. The largest absolute Gasteiger partial charge is 0.359 e. The van der Waals surface area contributed by atoms with E-state index in [1.165, 1.54) is 0 Å². The fourth-order valence-electron chi connectivity index (χ4n) is 0.981. The Morgan fingerprint density at radius 2 is 1.79 bits per heavy atom. The van der Waals surface area contributed by atoms with Gasteiger partial charge in [0.2, 0.25) is 0 Å². The van der Waals surface area contributed by atoms with Crippen LogP contribution >= 0.6 is 0 Å². The minimum Gasteiger partial charge on any atom is -0.359 e. The summed E-state index contributed by atoms with van der Waals surface area (Å²) >= 11 is 0. The molecule has 1 unspecified atom stereocenters. The minimum absolute atomic E-state index is 0.0973. The van der Waals surface area contributed by atoms with Gasteiger partial charge in [-0.1, -0.05) is 0 Å². The van der Waals surface area contributed by atoms with E-state index >= 15 is 0 Å². The van der Waals surface area contributed by atoms with Crippen molar-refractivity contribution in [2.45, 2.75) is 33.0 Å². The molecule has 0 amide bonds. The van der Waals surface area contributed by atoms with Gasteiger partial charge in [0.05, 0.1) is 0 Å². The first-order valence-electron chi connectivity index (χ1n) is 5.11. The summed E-state index contributed by atoms with van der Waals surface area (Å²) in [5.41, 5.74) is 0. The van der Waals surface area contributed by atoms with Crippen LogP contribution in [0.1, 0.15) is 26.7 Å². The number of methoxy groups -OCH3 is 1. The first-order valence-corrected chi connectivity index (χ1v) is 5.11. The summed E-state index contributed by atoms with van der Waals surface area (Å²) in [5.74, 6) is 0. The topological polar surface area (TPSA) is 36.9 Å². The molecule has 0 fully saturated rings. The van der Waals surface area contributed by atoms with Gasteiger partial charge in [-0.15, -0.1) is 0 Å². The van der Waals surface area contributed by atoms with Crippen LogP contribution in [0.15, 0.2) is 0 Å². The predicted molar refractivity (Wildman–Crippen MR) is 54.1 cm³/mol. The average Bonchev–Trinajstić information content (AvgIpc) is 2.17. The van der Waals surface area contributed by atoms with Gasteiger partial charge in [0, 0.05) is 26.9 Å². The highest BCUT2D eigenvalue weighted by Gasteiger charge is 1.98. The van der Waals surface area contributed by atoms with Crippen LogP contribution in [-0.4, -0.2) is 40.0 Å². The third-order valence-electron chi connectivity index (χ3n) is 1.64. The standard InChI is InChI=1S/C10H22O4/c1-4-13-10(2)14-8-6-5-7-12-9-11-3/h10H,4-9H2,1-3H3. The van der Waals surface area contributed by atoms with Crippen molar-refractivity contribution in [2.75, 3.05) is 33.7 Å². The molecule has 0 aliphatic heterocycles. The molecule has 0 aromatic heterocycles. The third-order valence-corrected chi connectivity index (χ3v) is 1.64. The lowest BCUT2D eigenvalue weighted by Crippen LogP contribution is -2.13. The molecular weight excluding hydrogens is 184 g/mol. The van der Waals surface area contributed by atoms with Crippen molar-refractivity contribution in [3.8, 4) is 0 Å². The summed E-state index contributed by atoms with van der Waals surface area (Å²) in [7, 11) is 1.62. The molecule has 0 radical (unpaired) electrons. The molecule has 4 nitrogen and oxygen atoms in total. The smallest absolute Gasteiger partial charge is 0.154 e. The van der Waals surface area contributed by atoms with Gasteiger partial charge < -0.3 is 18.9 Å². The molecule has 86 valence electrons. The molecule has 4 heteroatoms. The number of rotatable bonds is 10. The van der Waals surface area contributed by atoms with Gasteiger partial charge in [0.15, 0.2) is 6.29 Å². The summed E-state index contributed by atoms with van der Waals surface area (Å²) in [5, 5.41) is 0. The van der Waals surface area contributed by atoms with Crippen molar-refractivity contribution < 1.29 is 18.9 Å². The molecule has 0 spiro atoms. The molecule has 0 aliphatic carbocycles. The normalized spacial score (nSPS) is 13.1.